The van der Waals surface area contributed by atoms with Crippen molar-refractivity contribution in [3.63, 3.8) is 0 Å². The summed E-state index contributed by atoms with van der Waals surface area (Å²) in [7, 11) is -4.26. The van der Waals surface area contributed by atoms with Gasteiger partial charge in [-0.05, 0) is 68.3 Å². The maximum absolute atomic E-state index is 13.9. The zero-order chi connectivity index (χ0) is 27.9. The number of carbonyl (C=O) groups excluding carboxylic acids is 2. The first-order chi connectivity index (χ1) is 18.0. The van der Waals surface area contributed by atoms with Gasteiger partial charge in [0, 0.05) is 17.6 Å². The van der Waals surface area contributed by atoms with Gasteiger partial charge in [0.25, 0.3) is 10.0 Å². The van der Waals surface area contributed by atoms with E-state index in [1.165, 1.54) is 4.90 Å². The van der Waals surface area contributed by atoms with Gasteiger partial charge >= 0.3 is 0 Å². The van der Waals surface area contributed by atoms with E-state index in [0.29, 0.717) is 17.0 Å². The van der Waals surface area contributed by atoms with Crippen LogP contribution in [0.2, 0.25) is 5.02 Å². The molecule has 2 amide bonds. The third-order valence-electron chi connectivity index (χ3n) is 5.84. The Bertz CT molecular complexity index is 1350. The van der Waals surface area contributed by atoms with Crippen LogP contribution in [0, 0.1) is 5.82 Å². The standard InChI is InChI=1S/C28H31ClFN3O4S/c1-4-26(28(35)31-20(2)3)32(18-21-10-8-9-13-25(21)29)27(34)19-33(23-11-6-5-7-12-23)38(36,37)24-16-14-22(30)15-17-24/h5-17,20,26H,4,18-19H2,1-3H3,(H,31,35)/t26-/m1/s1. The van der Waals surface area contributed by atoms with Crippen LogP contribution in [0.15, 0.2) is 83.8 Å². The highest BCUT2D eigenvalue weighted by Crippen LogP contribution is 2.25. The Morgan fingerprint density at radius 2 is 1.55 bits per heavy atom. The van der Waals surface area contributed by atoms with Crippen molar-refractivity contribution < 1.29 is 22.4 Å². The van der Waals surface area contributed by atoms with Crippen LogP contribution in [-0.2, 0) is 26.2 Å². The Morgan fingerprint density at radius 1 is 0.947 bits per heavy atom. The van der Waals surface area contributed by atoms with E-state index in [1.54, 1.807) is 61.5 Å². The highest BCUT2D eigenvalue weighted by molar-refractivity contribution is 7.92. The predicted molar refractivity (Wildman–Crippen MR) is 147 cm³/mol. The first-order valence-corrected chi connectivity index (χ1v) is 14.0. The average molecular weight is 560 g/mol. The molecular formula is C28H31ClFN3O4S. The van der Waals surface area contributed by atoms with Gasteiger partial charge < -0.3 is 10.2 Å². The highest BCUT2D eigenvalue weighted by Gasteiger charge is 2.34. The van der Waals surface area contributed by atoms with E-state index in [1.807, 2.05) is 13.8 Å². The molecule has 0 aliphatic heterocycles. The number of hydrogen-bond acceptors (Lipinski definition) is 4. The summed E-state index contributed by atoms with van der Waals surface area (Å²) in [5.41, 5.74) is 0.869. The van der Waals surface area contributed by atoms with Crippen LogP contribution in [-0.4, -0.2) is 43.8 Å². The normalized spacial score (nSPS) is 12.2. The van der Waals surface area contributed by atoms with Crippen LogP contribution >= 0.6 is 11.6 Å². The molecule has 0 unspecified atom stereocenters. The Morgan fingerprint density at radius 3 is 2.13 bits per heavy atom. The fourth-order valence-corrected chi connectivity index (χ4v) is 5.58. The fourth-order valence-electron chi connectivity index (χ4n) is 3.97. The Balaban J connectivity index is 2.05. The molecular weight excluding hydrogens is 529 g/mol. The molecule has 0 heterocycles. The zero-order valence-electron chi connectivity index (χ0n) is 21.5. The van der Waals surface area contributed by atoms with Crippen LogP contribution in [0.5, 0.6) is 0 Å². The molecule has 38 heavy (non-hydrogen) atoms. The van der Waals surface area contributed by atoms with Crippen LogP contribution in [0.3, 0.4) is 0 Å². The van der Waals surface area contributed by atoms with E-state index in [9.17, 15) is 22.4 Å². The number of nitrogens with zero attached hydrogens (tertiary/aromatic N) is 2. The molecule has 3 rings (SSSR count). The minimum absolute atomic E-state index is 0.00174. The fraction of sp³-hybridized carbons (Fsp3) is 0.286. The van der Waals surface area contributed by atoms with E-state index in [2.05, 4.69) is 5.32 Å². The second-order valence-electron chi connectivity index (χ2n) is 9.00. The number of anilines is 1. The summed E-state index contributed by atoms with van der Waals surface area (Å²) in [5.74, 6) is -1.53. The summed E-state index contributed by atoms with van der Waals surface area (Å²) in [6.45, 7) is 4.83. The smallest absolute Gasteiger partial charge is 0.264 e. The number of amides is 2. The molecule has 0 fully saturated rings. The monoisotopic (exact) mass is 559 g/mol. The number of rotatable bonds is 11. The van der Waals surface area contributed by atoms with Crippen molar-refractivity contribution in [2.24, 2.45) is 0 Å². The van der Waals surface area contributed by atoms with Gasteiger partial charge in [-0.2, -0.15) is 0 Å². The molecule has 7 nitrogen and oxygen atoms in total. The van der Waals surface area contributed by atoms with E-state index >= 15 is 0 Å². The van der Waals surface area contributed by atoms with Gasteiger partial charge in [0.15, 0.2) is 0 Å². The summed E-state index contributed by atoms with van der Waals surface area (Å²) in [4.78, 5) is 28.2. The molecule has 0 bridgehead atoms. The lowest BCUT2D eigenvalue weighted by Gasteiger charge is -2.33. The molecule has 3 aromatic rings. The number of hydrogen-bond donors (Lipinski definition) is 1. The second kappa shape index (κ2) is 12.9. The molecule has 0 aliphatic carbocycles. The van der Waals surface area contributed by atoms with Gasteiger partial charge in [0.05, 0.1) is 10.6 Å². The number of halogens is 2. The van der Waals surface area contributed by atoms with Crippen molar-refractivity contribution in [3.05, 3.63) is 95.3 Å². The predicted octanol–water partition coefficient (Wildman–Crippen LogP) is 5.01. The number of sulfonamides is 1. The van der Waals surface area contributed by atoms with Crippen molar-refractivity contribution in [3.8, 4) is 0 Å². The SMILES string of the molecule is CC[C@H](C(=O)NC(C)C)N(Cc1ccccc1Cl)C(=O)CN(c1ccccc1)S(=O)(=O)c1ccc(F)cc1. The van der Waals surface area contributed by atoms with Crippen molar-refractivity contribution in [2.75, 3.05) is 10.8 Å². The van der Waals surface area contributed by atoms with E-state index < -0.39 is 34.3 Å². The van der Waals surface area contributed by atoms with Crippen molar-refractivity contribution in [2.45, 2.75) is 50.7 Å². The lowest BCUT2D eigenvalue weighted by Crippen LogP contribution is -2.53. The summed E-state index contributed by atoms with van der Waals surface area (Å²) < 4.78 is 41.8. The lowest BCUT2D eigenvalue weighted by molar-refractivity contribution is -0.140. The highest BCUT2D eigenvalue weighted by atomic mass is 35.5. The van der Waals surface area contributed by atoms with Gasteiger partial charge in [0.2, 0.25) is 11.8 Å². The summed E-state index contributed by atoms with van der Waals surface area (Å²) in [6, 6.07) is 18.5. The second-order valence-corrected chi connectivity index (χ2v) is 11.3. The van der Waals surface area contributed by atoms with Crippen LogP contribution in [0.25, 0.3) is 0 Å². The number of nitrogens with one attached hydrogen (secondary N) is 1. The molecule has 0 spiro atoms. The minimum Gasteiger partial charge on any atom is -0.352 e. The Labute approximate surface area is 228 Å². The quantitative estimate of drug-likeness (QED) is 0.358. The first-order valence-electron chi connectivity index (χ1n) is 12.2. The van der Waals surface area contributed by atoms with Gasteiger partial charge in [0.1, 0.15) is 18.4 Å². The molecule has 0 aromatic heterocycles. The molecule has 1 N–H and O–H groups in total. The van der Waals surface area contributed by atoms with Gasteiger partial charge in [-0.25, -0.2) is 12.8 Å². The first kappa shape index (κ1) is 29.1. The van der Waals surface area contributed by atoms with E-state index in [4.69, 9.17) is 11.6 Å². The third-order valence-corrected chi connectivity index (χ3v) is 8.00. The van der Waals surface area contributed by atoms with Crippen LogP contribution < -0.4 is 9.62 Å². The van der Waals surface area contributed by atoms with Crippen LogP contribution in [0.1, 0.15) is 32.8 Å². The van der Waals surface area contributed by atoms with Crippen molar-refractivity contribution >= 4 is 39.1 Å². The molecule has 202 valence electrons. The van der Waals surface area contributed by atoms with Crippen molar-refractivity contribution in [1.82, 2.24) is 10.2 Å². The van der Waals surface area contributed by atoms with E-state index in [-0.39, 0.29) is 29.1 Å². The average Bonchev–Trinajstić information content (AvgIpc) is 2.88. The number of carbonyl (C=O) groups is 2. The summed E-state index contributed by atoms with van der Waals surface area (Å²) in [5, 5.41) is 3.26. The van der Waals surface area contributed by atoms with Gasteiger partial charge in [-0.3, -0.25) is 13.9 Å². The molecule has 1 atom stereocenters. The third kappa shape index (κ3) is 7.11. The Kier molecular flexibility index (Phi) is 9.88. The summed E-state index contributed by atoms with van der Waals surface area (Å²) in [6.07, 6.45) is 0.296. The Hall–Kier alpha value is -3.43. The molecule has 0 aliphatic rings. The van der Waals surface area contributed by atoms with Crippen LogP contribution in [0.4, 0.5) is 10.1 Å². The molecule has 3 aromatic carbocycles. The topological polar surface area (TPSA) is 86.8 Å². The molecule has 0 saturated carbocycles. The number of para-hydroxylation sites is 1. The number of benzene rings is 3. The van der Waals surface area contributed by atoms with E-state index in [0.717, 1.165) is 28.6 Å². The zero-order valence-corrected chi connectivity index (χ0v) is 23.0. The van der Waals surface area contributed by atoms with Crippen molar-refractivity contribution in [1.29, 1.82) is 0 Å². The molecule has 10 heteroatoms. The maximum Gasteiger partial charge on any atom is 0.264 e. The van der Waals surface area contributed by atoms with Gasteiger partial charge in [-0.1, -0.05) is 54.9 Å². The maximum atomic E-state index is 13.9. The summed E-state index contributed by atoms with van der Waals surface area (Å²) >= 11 is 6.38. The molecule has 0 saturated heterocycles. The lowest BCUT2D eigenvalue weighted by atomic mass is 10.1. The minimum atomic E-state index is -4.26. The largest absolute Gasteiger partial charge is 0.352 e. The molecule has 0 radical (unpaired) electrons. The van der Waals surface area contributed by atoms with Gasteiger partial charge in [-0.15, -0.1) is 0 Å².